The van der Waals surface area contributed by atoms with E-state index in [0.717, 1.165) is 6.07 Å². The Hall–Kier alpha value is -2.45. The van der Waals surface area contributed by atoms with Gasteiger partial charge >= 0.3 is 0 Å². The van der Waals surface area contributed by atoms with Gasteiger partial charge in [-0.25, -0.2) is 4.68 Å². The molecule has 9 heteroatoms. The summed E-state index contributed by atoms with van der Waals surface area (Å²) in [6.45, 7) is 0.252. The Labute approximate surface area is 124 Å². The van der Waals surface area contributed by atoms with Crippen molar-refractivity contribution in [3.05, 3.63) is 51.3 Å². The summed E-state index contributed by atoms with van der Waals surface area (Å²) in [4.78, 5) is 22.2. The van der Waals surface area contributed by atoms with Crippen molar-refractivity contribution in [3.63, 3.8) is 0 Å². The van der Waals surface area contributed by atoms with Gasteiger partial charge in [-0.2, -0.15) is 5.10 Å². The van der Waals surface area contributed by atoms with Gasteiger partial charge in [-0.1, -0.05) is 11.6 Å². The number of nitro groups is 1. The molecule has 0 spiro atoms. The first kappa shape index (κ1) is 14.9. The van der Waals surface area contributed by atoms with Crippen LogP contribution in [-0.4, -0.2) is 27.7 Å². The molecule has 2 aromatic rings. The van der Waals surface area contributed by atoms with Crippen molar-refractivity contribution in [1.82, 2.24) is 9.78 Å². The summed E-state index contributed by atoms with van der Waals surface area (Å²) in [7, 11) is 1.52. The zero-order valence-electron chi connectivity index (χ0n) is 10.9. The Morgan fingerprint density at radius 1 is 1.57 bits per heavy atom. The Morgan fingerprint density at radius 2 is 2.33 bits per heavy atom. The second-order valence-corrected chi connectivity index (χ2v) is 4.47. The van der Waals surface area contributed by atoms with Crippen molar-refractivity contribution in [1.29, 1.82) is 0 Å². The van der Waals surface area contributed by atoms with Crippen LogP contribution in [-0.2, 0) is 11.5 Å². The minimum Gasteiger partial charge on any atom is -0.362 e. The molecule has 0 bridgehead atoms. The third-order valence-corrected chi connectivity index (χ3v) is 2.88. The monoisotopic (exact) mass is 310 g/mol. The molecule has 0 atom stereocenters. The lowest BCUT2D eigenvalue weighted by atomic mass is 10.2. The van der Waals surface area contributed by atoms with E-state index >= 15 is 0 Å². The van der Waals surface area contributed by atoms with Crippen molar-refractivity contribution < 1.29 is 14.5 Å². The molecule has 1 amide bonds. The van der Waals surface area contributed by atoms with Gasteiger partial charge < -0.3 is 10.1 Å². The van der Waals surface area contributed by atoms with Crippen molar-refractivity contribution >= 4 is 28.9 Å². The summed E-state index contributed by atoms with van der Waals surface area (Å²) in [5, 5.41) is 17.3. The Bertz CT molecular complexity index is 686. The molecule has 0 radical (unpaired) electrons. The molecule has 1 N–H and O–H groups in total. The molecule has 0 aliphatic heterocycles. The number of ether oxygens (including phenoxy) is 1. The maximum absolute atomic E-state index is 12.0. The fourth-order valence-corrected chi connectivity index (χ4v) is 1.81. The van der Waals surface area contributed by atoms with Crippen LogP contribution in [0, 0.1) is 10.1 Å². The van der Waals surface area contributed by atoms with Crippen molar-refractivity contribution in [3.8, 4) is 0 Å². The molecule has 0 fully saturated rings. The number of aromatic nitrogens is 2. The van der Waals surface area contributed by atoms with Crippen molar-refractivity contribution in [2.24, 2.45) is 0 Å². The van der Waals surface area contributed by atoms with E-state index in [1.54, 1.807) is 6.20 Å². The van der Waals surface area contributed by atoms with Crippen LogP contribution in [0.4, 0.5) is 11.4 Å². The Kier molecular flexibility index (Phi) is 4.51. The van der Waals surface area contributed by atoms with Crippen LogP contribution >= 0.6 is 11.6 Å². The largest absolute Gasteiger partial charge is 0.362 e. The van der Waals surface area contributed by atoms with Gasteiger partial charge in [0.1, 0.15) is 11.8 Å². The number of methoxy groups -OCH3 is 1. The van der Waals surface area contributed by atoms with Gasteiger partial charge in [0.05, 0.1) is 23.0 Å². The zero-order valence-corrected chi connectivity index (χ0v) is 11.7. The van der Waals surface area contributed by atoms with Gasteiger partial charge in [0, 0.05) is 18.7 Å². The quantitative estimate of drug-likeness (QED) is 0.674. The highest BCUT2D eigenvalue weighted by atomic mass is 35.5. The number of halogens is 1. The molecule has 8 nitrogen and oxygen atoms in total. The highest BCUT2D eigenvalue weighted by Gasteiger charge is 2.16. The molecule has 1 aromatic carbocycles. The number of hydrogen-bond donors (Lipinski definition) is 1. The predicted octanol–water partition coefficient (Wildman–Crippen LogP) is 2.30. The number of nitrogens with zero attached hydrogens (tertiary/aromatic N) is 3. The number of nitrogens with one attached hydrogen (secondary N) is 1. The van der Waals surface area contributed by atoms with Gasteiger partial charge in [-0.15, -0.1) is 0 Å². The predicted molar refractivity (Wildman–Crippen MR) is 75.3 cm³/mol. The van der Waals surface area contributed by atoms with Crippen LogP contribution in [0.5, 0.6) is 0 Å². The van der Waals surface area contributed by atoms with Gasteiger partial charge in [-0.3, -0.25) is 14.9 Å². The third-order valence-electron chi connectivity index (χ3n) is 2.56. The summed E-state index contributed by atoms with van der Waals surface area (Å²) in [6, 6.07) is 3.84. The fraction of sp³-hybridized carbons (Fsp3) is 0.167. The first-order valence-corrected chi connectivity index (χ1v) is 6.15. The van der Waals surface area contributed by atoms with E-state index in [9.17, 15) is 14.9 Å². The first-order valence-electron chi connectivity index (χ1n) is 5.78. The maximum Gasteiger partial charge on any atom is 0.288 e. The van der Waals surface area contributed by atoms with Gasteiger partial charge in [0.15, 0.2) is 0 Å². The van der Waals surface area contributed by atoms with Crippen LogP contribution in [0.1, 0.15) is 10.4 Å². The number of nitro benzene ring substituents is 1. The van der Waals surface area contributed by atoms with Crippen molar-refractivity contribution in [2.45, 2.75) is 6.73 Å². The van der Waals surface area contributed by atoms with E-state index in [1.807, 2.05) is 0 Å². The highest BCUT2D eigenvalue weighted by Crippen LogP contribution is 2.25. The number of carbonyl (C=O) groups is 1. The minimum absolute atomic E-state index is 0.0236. The summed E-state index contributed by atoms with van der Waals surface area (Å²) < 4.78 is 6.37. The van der Waals surface area contributed by atoms with Crippen LogP contribution < -0.4 is 5.32 Å². The molecule has 0 saturated carbocycles. The summed E-state index contributed by atoms with van der Waals surface area (Å²) in [6.07, 6.45) is 3.02. The molecule has 1 heterocycles. The summed E-state index contributed by atoms with van der Waals surface area (Å²) >= 11 is 5.69. The SMILES string of the molecule is COCn1cc(NC(=O)c2ccc(Cl)c([N+](=O)[O-])c2)cn1. The lowest BCUT2D eigenvalue weighted by Crippen LogP contribution is -2.11. The van der Waals surface area contributed by atoms with Gasteiger partial charge in [0.2, 0.25) is 0 Å². The normalized spacial score (nSPS) is 10.4. The van der Waals surface area contributed by atoms with E-state index in [-0.39, 0.29) is 23.0 Å². The topological polar surface area (TPSA) is 99.3 Å². The third kappa shape index (κ3) is 3.56. The van der Waals surface area contributed by atoms with Gasteiger partial charge in [-0.05, 0) is 12.1 Å². The molecule has 0 saturated heterocycles. The van der Waals surface area contributed by atoms with E-state index in [2.05, 4.69) is 10.4 Å². The number of amides is 1. The lowest BCUT2D eigenvalue weighted by molar-refractivity contribution is -0.384. The number of carbonyl (C=O) groups excluding carboxylic acids is 1. The second kappa shape index (κ2) is 6.33. The smallest absolute Gasteiger partial charge is 0.288 e. The van der Waals surface area contributed by atoms with Gasteiger partial charge in [0.25, 0.3) is 11.6 Å². The standard InChI is InChI=1S/C12H11ClN4O4/c1-21-7-16-6-9(5-14-16)15-12(18)8-2-3-10(13)11(4-8)17(19)20/h2-6H,7H2,1H3,(H,15,18). The Morgan fingerprint density at radius 3 is 3.00 bits per heavy atom. The second-order valence-electron chi connectivity index (χ2n) is 4.06. The average Bonchev–Trinajstić information content (AvgIpc) is 2.86. The van der Waals surface area contributed by atoms with Crippen molar-refractivity contribution in [2.75, 3.05) is 12.4 Å². The molecule has 0 unspecified atom stereocenters. The van der Waals surface area contributed by atoms with Crippen LogP contribution in [0.15, 0.2) is 30.6 Å². The molecule has 110 valence electrons. The fourth-order valence-electron chi connectivity index (χ4n) is 1.63. The summed E-state index contributed by atoms with van der Waals surface area (Å²) in [5.41, 5.74) is 0.264. The molecular formula is C12H11ClN4O4. The number of anilines is 1. The summed E-state index contributed by atoms with van der Waals surface area (Å²) in [5.74, 6) is -0.494. The minimum atomic E-state index is -0.643. The molecule has 1 aromatic heterocycles. The number of benzene rings is 1. The molecule has 21 heavy (non-hydrogen) atoms. The Balaban J connectivity index is 2.16. The number of rotatable bonds is 5. The van der Waals surface area contributed by atoms with E-state index in [1.165, 1.54) is 30.1 Å². The van der Waals surface area contributed by atoms with Crippen LogP contribution in [0.2, 0.25) is 5.02 Å². The van der Waals surface area contributed by atoms with E-state index in [0.29, 0.717) is 5.69 Å². The molecule has 0 aliphatic rings. The maximum atomic E-state index is 12.0. The molecule has 0 aliphatic carbocycles. The van der Waals surface area contributed by atoms with E-state index in [4.69, 9.17) is 16.3 Å². The lowest BCUT2D eigenvalue weighted by Gasteiger charge is -2.03. The number of hydrogen-bond acceptors (Lipinski definition) is 5. The highest BCUT2D eigenvalue weighted by molar-refractivity contribution is 6.32. The molecule has 2 rings (SSSR count). The van der Waals surface area contributed by atoms with Crippen LogP contribution in [0.3, 0.4) is 0 Å². The van der Waals surface area contributed by atoms with E-state index < -0.39 is 10.8 Å². The van der Waals surface area contributed by atoms with Crippen LogP contribution in [0.25, 0.3) is 0 Å². The molecular weight excluding hydrogens is 300 g/mol. The first-order chi connectivity index (χ1) is 10.0. The zero-order chi connectivity index (χ0) is 15.4. The average molecular weight is 311 g/mol.